The van der Waals surface area contributed by atoms with E-state index >= 15 is 0 Å². The second kappa shape index (κ2) is 6.92. The molecule has 0 saturated carbocycles. The smallest absolute Gasteiger partial charge is 0.0807 e. The van der Waals surface area contributed by atoms with Gasteiger partial charge >= 0.3 is 0 Å². The molecule has 1 aliphatic rings. The van der Waals surface area contributed by atoms with Crippen LogP contribution in [0.4, 0.5) is 0 Å². The maximum Gasteiger partial charge on any atom is 0.0807 e. The van der Waals surface area contributed by atoms with E-state index in [1.165, 1.54) is 5.56 Å². The summed E-state index contributed by atoms with van der Waals surface area (Å²) in [5.74, 6) is 0. The third kappa shape index (κ3) is 3.57. The first-order valence-electron chi connectivity index (χ1n) is 6.74. The van der Waals surface area contributed by atoms with Gasteiger partial charge in [0.15, 0.2) is 0 Å². The number of aliphatic hydroxyl groups is 1. The van der Waals surface area contributed by atoms with E-state index in [1.807, 2.05) is 0 Å². The van der Waals surface area contributed by atoms with Gasteiger partial charge < -0.3 is 19.1 Å². The summed E-state index contributed by atoms with van der Waals surface area (Å²) in [4.78, 5) is 0. The normalized spacial score (nSPS) is 18.9. The molecule has 0 fully saturated rings. The van der Waals surface area contributed by atoms with Crippen LogP contribution in [0.5, 0.6) is 0 Å². The molecule has 0 radical (unpaired) electrons. The Bertz CT molecular complexity index is 362. The van der Waals surface area contributed by atoms with Crippen LogP contribution in [0, 0.1) is 0 Å². The number of hydrogen-bond acceptors (Lipinski definition) is 3. The Morgan fingerprint density at radius 1 is 1.33 bits per heavy atom. The quantitative estimate of drug-likeness (QED) is 0.755. The van der Waals surface area contributed by atoms with E-state index in [9.17, 15) is 5.11 Å². The lowest BCUT2D eigenvalue weighted by atomic mass is 9.93. The van der Waals surface area contributed by atoms with Crippen molar-refractivity contribution in [2.75, 3.05) is 26.9 Å². The Hall–Kier alpha value is -0.840. The van der Waals surface area contributed by atoms with E-state index in [4.69, 9.17) is 9.47 Å². The molecule has 1 heterocycles. The Morgan fingerprint density at radius 3 is 3.00 bits per heavy atom. The van der Waals surface area contributed by atoms with Crippen LogP contribution < -0.4 is 0 Å². The van der Waals surface area contributed by atoms with Gasteiger partial charge in [0.2, 0.25) is 0 Å². The molecule has 0 amide bonds. The van der Waals surface area contributed by atoms with E-state index in [0.29, 0.717) is 6.61 Å². The monoisotopic (exact) mass is 253 g/mol. The van der Waals surface area contributed by atoms with Crippen molar-refractivity contribution in [2.24, 2.45) is 0 Å². The lowest BCUT2D eigenvalue weighted by molar-refractivity contribution is 0.0976. The molecule has 1 aliphatic carbocycles. The molecule has 1 N–H and O–H groups in total. The third-order valence-electron chi connectivity index (χ3n) is 3.41. The lowest BCUT2D eigenvalue weighted by Gasteiger charge is -2.16. The molecule has 1 atom stereocenters. The standard InChI is InChI=1S/C14H23NO3/c1-17-7-3-8-18-9-6-15-10-12-4-2-5-14(16)13(12)11-15/h10-11,14,16H,2-9H2,1H3. The van der Waals surface area contributed by atoms with Gasteiger partial charge in [-0.2, -0.15) is 0 Å². The highest BCUT2D eigenvalue weighted by Gasteiger charge is 2.19. The molecular weight excluding hydrogens is 230 g/mol. The van der Waals surface area contributed by atoms with Crippen molar-refractivity contribution in [2.45, 2.75) is 38.3 Å². The van der Waals surface area contributed by atoms with Crippen molar-refractivity contribution in [1.82, 2.24) is 4.57 Å². The highest BCUT2D eigenvalue weighted by atomic mass is 16.5. The zero-order valence-electron chi connectivity index (χ0n) is 11.1. The molecule has 1 aromatic heterocycles. The summed E-state index contributed by atoms with van der Waals surface area (Å²) >= 11 is 0. The zero-order chi connectivity index (χ0) is 12.8. The number of aromatic nitrogens is 1. The van der Waals surface area contributed by atoms with Crippen molar-refractivity contribution < 1.29 is 14.6 Å². The number of aliphatic hydroxyl groups excluding tert-OH is 1. The van der Waals surface area contributed by atoms with E-state index in [2.05, 4.69) is 17.0 Å². The van der Waals surface area contributed by atoms with E-state index in [1.54, 1.807) is 7.11 Å². The maximum absolute atomic E-state index is 9.88. The first-order chi connectivity index (χ1) is 8.81. The highest BCUT2D eigenvalue weighted by Crippen LogP contribution is 2.29. The second-order valence-electron chi connectivity index (χ2n) is 4.84. The Balaban J connectivity index is 1.73. The molecule has 0 bridgehead atoms. The Labute approximate surface area is 109 Å². The molecule has 0 saturated heterocycles. The topological polar surface area (TPSA) is 43.6 Å². The fourth-order valence-corrected chi connectivity index (χ4v) is 2.43. The predicted molar refractivity (Wildman–Crippen MR) is 69.6 cm³/mol. The van der Waals surface area contributed by atoms with Crippen LogP contribution in [0.2, 0.25) is 0 Å². The molecule has 1 aromatic rings. The number of fused-ring (bicyclic) bond motifs is 1. The summed E-state index contributed by atoms with van der Waals surface area (Å²) < 4.78 is 12.6. The number of methoxy groups -OCH3 is 1. The number of nitrogens with zero attached hydrogens (tertiary/aromatic N) is 1. The summed E-state index contributed by atoms with van der Waals surface area (Å²) in [5.41, 5.74) is 2.41. The summed E-state index contributed by atoms with van der Waals surface area (Å²) in [7, 11) is 1.70. The first kappa shape index (κ1) is 13.6. The van der Waals surface area contributed by atoms with Gasteiger partial charge in [-0.05, 0) is 31.2 Å². The second-order valence-corrected chi connectivity index (χ2v) is 4.84. The Morgan fingerprint density at radius 2 is 2.22 bits per heavy atom. The number of ether oxygens (including phenoxy) is 2. The van der Waals surface area contributed by atoms with Crippen LogP contribution in [0.25, 0.3) is 0 Å². The molecule has 4 nitrogen and oxygen atoms in total. The van der Waals surface area contributed by atoms with Crippen molar-refractivity contribution in [3.8, 4) is 0 Å². The summed E-state index contributed by atoms with van der Waals surface area (Å²) in [5, 5.41) is 9.88. The van der Waals surface area contributed by atoms with Crippen molar-refractivity contribution in [3.63, 3.8) is 0 Å². The van der Waals surface area contributed by atoms with Crippen molar-refractivity contribution >= 4 is 0 Å². The maximum atomic E-state index is 9.88. The zero-order valence-corrected chi connectivity index (χ0v) is 11.1. The van der Waals surface area contributed by atoms with Gasteiger partial charge in [-0.1, -0.05) is 0 Å². The van der Waals surface area contributed by atoms with E-state index < -0.39 is 0 Å². The highest BCUT2D eigenvalue weighted by molar-refractivity contribution is 5.28. The minimum absolute atomic E-state index is 0.266. The fourth-order valence-electron chi connectivity index (χ4n) is 2.43. The minimum Gasteiger partial charge on any atom is -0.388 e. The van der Waals surface area contributed by atoms with Gasteiger partial charge in [-0.3, -0.25) is 0 Å². The van der Waals surface area contributed by atoms with Crippen LogP contribution in [0.15, 0.2) is 12.4 Å². The summed E-state index contributed by atoms with van der Waals surface area (Å²) in [6, 6.07) is 0. The average Bonchev–Trinajstić information content (AvgIpc) is 2.78. The van der Waals surface area contributed by atoms with Gasteiger partial charge in [-0.15, -0.1) is 0 Å². The third-order valence-corrected chi connectivity index (χ3v) is 3.41. The van der Waals surface area contributed by atoms with Crippen LogP contribution in [-0.4, -0.2) is 36.6 Å². The molecule has 0 aliphatic heterocycles. The predicted octanol–water partition coefficient (Wildman–Crippen LogP) is 1.91. The molecule has 0 aromatic carbocycles. The van der Waals surface area contributed by atoms with Gasteiger partial charge in [0.1, 0.15) is 0 Å². The number of hydrogen-bond donors (Lipinski definition) is 1. The van der Waals surface area contributed by atoms with Crippen molar-refractivity contribution in [3.05, 3.63) is 23.5 Å². The van der Waals surface area contributed by atoms with Crippen LogP contribution >= 0.6 is 0 Å². The molecule has 2 rings (SSSR count). The summed E-state index contributed by atoms with van der Waals surface area (Å²) in [6.07, 6.45) is 7.97. The van der Waals surface area contributed by atoms with Gasteiger partial charge in [-0.25, -0.2) is 0 Å². The first-order valence-corrected chi connectivity index (χ1v) is 6.74. The molecule has 1 unspecified atom stereocenters. The molecule has 0 spiro atoms. The fraction of sp³-hybridized carbons (Fsp3) is 0.714. The molecular formula is C14H23NO3. The number of rotatable bonds is 7. The molecule has 4 heteroatoms. The largest absolute Gasteiger partial charge is 0.388 e. The molecule has 102 valence electrons. The average molecular weight is 253 g/mol. The van der Waals surface area contributed by atoms with Gasteiger partial charge in [0.25, 0.3) is 0 Å². The van der Waals surface area contributed by atoms with Gasteiger partial charge in [0, 0.05) is 44.8 Å². The van der Waals surface area contributed by atoms with Gasteiger partial charge in [0.05, 0.1) is 12.7 Å². The van der Waals surface area contributed by atoms with Crippen LogP contribution in [0.1, 0.15) is 36.5 Å². The molecule has 18 heavy (non-hydrogen) atoms. The SMILES string of the molecule is COCCCOCCn1cc2c(c1)C(O)CCC2. The Kier molecular flexibility index (Phi) is 5.23. The lowest BCUT2D eigenvalue weighted by Crippen LogP contribution is -2.06. The van der Waals surface area contributed by atoms with Crippen molar-refractivity contribution in [1.29, 1.82) is 0 Å². The van der Waals surface area contributed by atoms with E-state index in [-0.39, 0.29) is 6.10 Å². The summed E-state index contributed by atoms with van der Waals surface area (Å²) in [6.45, 7) is 3.07. The number of aryl methyl sites for hydroxylation is 1. The van der Waals surface area contributed by atoms with Crippen LogP contribution in [0.3, 0.4) is 0 Å². The minimum atomic E-state index is -0.266. The van der Waals surface area contributed by atoms with Crippen LogP contribution in [-0.2, 0) is 22.4 Å². The van der Waals surface area contributed by atoms with E-state index in [0.717, 1.165) is 51.0 Å².